The third-order valence-electron chi connectivity index (χ3n) is 3.02. The van der Waals surface area contributed by atoms with Crippen LogP contribution in [0.2, 0.25) is 0 Å². The summed E-state index contributed by atoms with van der Waals surface area (Å²) in [6, 6.07) is -0.140. The Labute approximate surface area is 108 Å². The summed E-state index contributed by atoms with van der Waals surface area (Å²) in [4.78, 5) is 18.0. The summed E-state index contributed by atoms with van der Waals surface area (Å²) in [6.07, 6.45) is 4.36. The smallest absolute Gasteiger partial charge is 0.244 e. The molecule has 1 atom stereocenters. The molecule has 6 nitrogen and oxygen atoms in total. The first-order valence-corrected chi connectivity index (χ1v) is 6.58. The number of anilines is 1. The van der Waals surface area contributed by atoms with Crippen LogP contribution in [0, 0.1) is 0 Å². The predicted octanol–water partition coefficient (Wildman–Crippen LogP) is 1.18. The number of hydrogen-bond donors (Lipinski definition) is 2. The van der Waals surface area contributed by atoms with Crippen LogP contribution in [0.4, 0.5) is 5.13 Å². The number of amides is 1. The molecule has 1 aliphatic rings. The van der Waals surface area contributed by atoms with Gasteiger partial charge >= 0.3 is 0 Å². The number of thiazole rings is 1. The third kappa shape index (κ3) is 1.97. The molecule has 0 bridgehead atoms. The maximum absolute atomic E-state index is 11.8. The van der Waals surface area contributed by atoms with Crippen molar-refractivity contribution in [2.45, 2.75) is 12.5 Å². The summed E-state index contributed by atoms with van der Waals surface area (Å²) >= 11 is 1.50. The molecule has 1 saturated heterocycles. The summed E-state index contributed by atoms with van der Waals surface area (Å²) in [5.74, 6) is 0.134. The van der Waals surface area contributed by atoms with Crippen molar-refractivity contribution in [2.75, 3.05) is 18.9 Å². The van der Waals surface area contributed by atoms with Crippen LogP contribution in [0.3, 0.4) is 0 Å². The number of rotatable bonds is 3. The van der Waals surface area contributed by atoms with Gasteiger partial charge in [0.25, 0.3) is 0 Å². The molecule has 1 fully saturated rings. The Morgan fingerprint density at radius 1 is 1.61 bits per heavy atom. The minimum Gasteiger partial charge on any atom is -0.350 e. The number of carbonyl (C=O) groups excluding carboxylic acids is 1. The lowest BCUT2D eigenvalue weighted by Crippen LogP contribution is -2.30. The van der Waals surface area contributed by atoms with Crippen molar-refractivity contribution in [3.05, 3.63) is 17.8 Å². The maximum atomic E-state index is 11.8. The van der Waals surface area contributed by atoms with Gasteiger partial charge in [-0.3, -0.25) is 9.89 Å². The van der Waals surface area contributed by atoms with E-state index in [0.717, 1.165) is 29.4 Å². The zero-order valence-corrected chi connectivity index (χ0v) is 10.7. The number of nitrogens with one attached hydrogen (secondary N) is 2. The number of aromatic nitrogens is 3. The summed E-state index contributed by atoms with van der Waals surface area (Å²) in [5, 5.41) is 12.6. The minimum atomic E-state index is -0.140. The van der Waals surface area contributed by atoms with Crippen LogP contribution < -0.4 is 5.32 Å². The summed E-state index contributed by atoms with van der Waals surface area (Å²) in [6.45, 7) is 0.802. The maximum Gasteiger partial charge on any atom is 0.244 e. The first-order chi connectivity index (χ1) is 8.74. The highest BCUT2D eigenvalue weighted by molar-refractivity contribution is 7.14. The van der Waals surface area contributed by atoms with Gasteiger partial charge in [-0.1, -0.05) is 0 Å². The van der Waals surface area contributed by atoms with E-state index >= 15 is 0 Å². The molecule has 3 rings (SSSR count). The molecule has 0 saturated carbocycles. The van der Waals surface area contributed by atoms with Crippen molar-refractivity contribution in [2.24, 2.45) is 0 Å². The monoisotopic (exact) mass is 263 g/mol. The van der Waals surface area contributed by atoms with Crippen LogP contribution in [-0.4, -0.2) is 45.6 Å². The normalized spacial score (nSPS) is 19.5. The second kappa shape index (κ2) is 4.41. The Morgan fingerprint density at radius 2 is 2.50 bits per heavy atom. The number of likely N-dealkylation sites (N-methyl/N-ethyl adjacent to an activating group) is 1. The standard InChI is InChI=1S/C11H13N5OS/c1-16-3-2-8(10(16)17)14-11-15-9(6-18-11)7-4-12-13-5-7/h4-6,8H,2-3H2,1H3,(H,12,13)(H,14,15)/t8-/m1/s1. The fraction of sp³-hybridized carbons (Fsp3) is 0.364. The number of carbonyl (C=O) groups is 1. The van der Waals surface area contributed by atoms with Crippen molar-refractivity contribution in [3.8, 4) is 11.3 Å². The van der Waals surface area contributed by atoms with E-state index in [1.807, 2.05) is 12.4 Å². The van der Waals surface area contributed by atoms with E-state index in [2.05, 4.69) is 20.5 Å². The van der Waals surface area contributed by atoms with Crippen LogP contribution in [0.15, 0.2) is 17.8 Å². The molecule has 2 N–H and O–H groups in total. The Morgan fingerprint density at radius 3 is 3.17 bits per heavy atom. The van der Waals surface area contributed by atoms with Gasteiger partial charge in [-0.05, 0) is 6.42 Å². The van der Waals surface area contributed by atoms with Crippen LogP contribution in [-0.2, 0) is 4.79 Å². The highest BCUT2D eigenvalue weighted by Gasteiger charge is 2.29. The summed E-state index contributed by atoms with van der Waals surface area (Å²) < 4.78 is 0. The van der Waals surface area contributed by atoms with Crippen molar-refractivity contribution in [1.29, 1.82) is 0 Å². The van der Waals surface area contributed by atoms with E-state index < -0.39 is 0 Å². The molecule has 18 heavy (non-hydrogen) atoms. The van der Waals surface area contributed by atoms with E-state index in [4.69, 9.17) is 0 Å². The average molecular weight is 263 g/mol. The molecule has 1 amide bonds. The fourth-order valence-corrected chi connectivity index (χ4v) is 2.74. The van der Waals surface area contributed by atoms with Gasteiger partial charge in [0.2, 0.25) is 5.91 Å². The number of aromatic amines is 1. The molecule has 0 radical (unpaired) electrons. The van der Waals surface area contributed by atoms with Crippen molar-refractivity contribution < 1.29 is 4.79 Å². The average Bonchev–Trinajstić information content (AvgIpc) is 3.06. The first kappa shape index (κ1) is 11.2. The van der Waals surface area contributed by atoms with Gasteiger partial charge in [-0.15, -0.1) is 11.3 Å². The van der Waals surface area contributed by atoms with Crippen LogP contribution >= 0.6 is 11.3 Å². The second-order valence-corrected chi connectivity index (χ2v) is 5.13. The largest absolute Gasteiger partial charge is 0.350 e. The Hall–Kier alpha value is -1.89. The van der Waals surface area contributed by atoms with Gasteiger partial charge in [0.1, 0.15) is 6.04 Å². The van der Waals surface area contributed by atoms with Gasteiger partial charge in [0.05, 0.1) is 11.9 Å². The van der Waals surface area contributed by atoms with E-state index in [0.29, 0.717) is 0 Å². The van der Waals surface area contributed by atoms with Crippen molar-refractivity contribution in [3.63, 3.8) is 0 Å². The van der Waals surface area contributed by atoms with Crippen LogP contribution in [0.1, 0.15) is 6.42 Å². The summed E-state index contributed by atoms with van der Waals surface area (Å²) in [7, 11) is 1.82. The summed E-state index contributed by atoms with van der Waals surface area (Å²) in [5.41, 5.74) is 1.82. The van der Waals surface area contributed by atoms with Gasteiger partial charge < -0.3 is 10.2 Å². The molecule has 0 aromatic carbocycles. The molecule has 2 aromatic heterocycles. The minimum absolute atomic E-state index is 0.134. The zero-order valence-electron chi connectivity index (χ0n) is 9.88. The molecule has 3 heterocycles. The number of H-pyrrole nitrogens is 1. The predicted molar refractivity (Wildman–Crippen MR) is 69.4 cm³/mol. The quantitative estimate of drug-likeness (QED) is 0.872. The van der Waals surface area contributed by atoms with Gasteiger partial charge in [0.15, 0.2) is 5.13 Å². The Bertz CT molecular complexity index is 550. The van der Waals surface area contributed by atoms with Crippen molar-refractivity contribution >= 4 is 22.4 Å². The molecule has 1 aliphatic heterocycles. The molecule has 0 spiro atoms. The third-order valence-corrected chi connectivity index (χ3v) is 3.80. The van der Waals surface area contributed by atoms with Crippen LogP contribution in [0.25, 0.3) is 11.3 Å². The molecular formula is C11H13N5OS. The fourth-order valence-electron chi connectivity index (χ4n) is 1.97. The van der Waals surface area contributed by atoms with E-state index in [9.17, 15) is 4.79 Å². The lowest BCUT2D eigenvalue weighted by molar-refractivity contribution is -0.127. The van der Waals surface area contributed by atoms with E-state index in [1.165, 1.54) is 11.3 Å². The van der Waals surface area contributed by atoms with E-state index in [-0.39, 0.29) is 11.9 Å². The second-order valence-electron chi connectivity index (χ2n) is 4.27. The van der Waals surface area contributed by atoms with Gasteiger partial charge in [-0.25, -0.2) is 4.98 Å². The lowest BCUT2D eigenvalue weighted by Gasteiger charge is -2.10. The topological polar surface area (TPSA) is 73.9 Å². The highest BCUT2D eigenvalue weighted by atomic mass is 32.1. The molecule has 94 valence electrons. The molecular weight excluding hydrogens is 250 g/mol. The number of hydrogen-bond acceptors (Lipinski definition) is 5. The number of likely N-dealkylation sites (tertiary alicyclic amines) is 1. The molecule has 0 aliphatic carbocycles. The van der Waals surface area contributed by atoms with Gasteiger partial charge in [-0.2, -0.15) is 5.10 Å². The zero-order chi connectivity index (χ0) is 12.5. The molecule has 2 aromatic rings. The molecule has 7 heteroatoms. The Balaban J connectivity index is 1.73. The van der Waals surface area contributed by atoms with Gasteiger partial charge in [0, 0.05) is 30.7 Å². The van der Waals surface area contributed by atoms with Crippen LogP contribution in [0.5, 0.6) is 0 Å². The lowest BCUT2D eigenvalue weighted by atomic mass is 10.2. The highest BCUT2D eigenvalue weighted by Crippen LogP contribution is 2.25. The molecule has 0 unspecified atom stereocenters. The van der Waals surface area contributed by atoms with E-state index in [1.54, 1.807) is 17.3 Å². The SMILES string of the molecule is CN1CC[C@@H](Nc2nc(-c3cn[nH]c3)cs2)C1=O. The number of nitrogens with zero attached hydrogens (tertiary/aromatic N) is 3. The van der Waals surface area contributed by atoms with Crippen molar-refractivity contribution in [1.82, 2.24) is 20.1 Å². The Kier molecular flexibility index (Phi) is 2.75. The first-order valence-electron chi connectivity index (χ1n) is 5.70.